The van der Waals surface area contributed by atoms with Gasteiger partial charge in [0.1, 0.15) is 18.0 Å². The second-order valence-corrected chi connectivity index (χ2v) is 7.90. The second kappa shape index (κ2) is 6.38. The highest BCUT2D eigenvalue weighted by Crippen LogP contribution is 2.48. The molecule has 1 aromatic heterocycles. The molecule has 0 saturated carbocycles. The van der Waals surface area contributed by atoms with Crippen molar-refractivity contribution in [3.05, 3.63) is 100 Å². The quantitative estimate of drug-likeness (QED) is 0.615. The van der Waals surface area contributed by atoms with Gasteiger partial charge in [-0.05, 0) is 52.8 Å². The number of halogens is 1. The van der Waals surface area contributed by atoms with Crippen LogP contribution >= 0.6 is 0 Å². The Bertz CT molecular complexity index is 1180. The van der Waals surface area contributed by atoms with E-state index in [1.807, 2.05) is 12.1 Å². The third-order valence-corrected chi connectivity index (χ3v) is 6.35. The molecular weight excluding hydrogens is 361 g/mol. The number of aromatic nitrogens is 2. The third-order valence-electron chi connectivity index (χ3n) is 6.35. The number of fused-ring (bicyclic) bond motifs is 3. The van der Waals surface area contributed by atoms with Crippen molar-refractivity contribution in [3.8, 4) is 0 Å². The average molecular weight is 381 g/mol. The lowest BCUT2D eigenvalue weighted by molar-refractivity contribution is 0.620. The fourth-order valence-corrected chi connectivity index (χ4v) is 5.09. The van der Waals surface area contributed by atoms with Gasteiger partial charge in [-0.15, -0.1) is 0 Å². The van der Waals surface area contributed by atoms with E-state index in [0.717, 1.165) is 48.4 Å². The fourth-order valence-electron chi connectivity index (χ4n) is 5.09. The van der Waals surface area contributed by atoms with Gasteiger partial charge in [-0.25, -0.2) is 14.4 Å². The molecule has 2 heterocycles. The van der Waals surface area contributed by atoms with Crippen molar-refractivity contribution in [1.82, 2.24) is 9.97 Å². The van der Waals surface area contributed by atoms with Gasteiger partial charge in [-0.2, -0.15) is 0 Å². The Hall–Kier alpha value is -3.27. The molecule has 0 saturated heterocycles. The number of rotatable bonds is 2. The first-order valence-corrected chi connectivity index (χ1v) is 10.1. The summed E-state index contributed by atoms with van der Waals surface area (Å²) in [4.78, 5) is 11.6. The Morgan fingerprint density at radius 2 is 1.86 bits per heavy atom. The van der Waals surface area contributed by atoms with Gasteiger partial charge in [-0.3, -0.25) is 0 Å². The summed E-state index contributed by atoms with van der Waals surface area (Å²) in [6.07, 6.45) is 8.75. The molecule has 0 bridgehead atoms. The minimum atomic E-state index is -0.203. The van der Waals surface area contributed by atoms with Crippen LogP contribution in [0.3, 0.4) is 0 Å². The summed E-state index contributed by atoms with van der Waals surface area (Å²) in [6.45, 7) is 0.881. The van der Waals surface area contributed by atoms with Crippen molar-refractivity contribution >= 4 is 17.5 Å². The first-order chi connectivity index (χ1) is 14.3. The van der Waals surface area contributed by atoms with Crippen molar-refractivity contribution < 1.29 is 4.39 Å². The number of benzene rings is 2. The molecule has 0 fully saturated rings. The van der Waals surface area contributed by atoms with E-state index < -0.39 is 0 Å². The van der Waals surface area contributed by atoms with Gasteiger partial charge >= 0.3 is 0 Å². The molecule has 1 unspecified atom stereocenters. The van der Waals surface area contributed by atoms with E-state index in [1.165, 1.54) is 22.3 Å². The van der Waals surface area contributed by atoms with Crippen LogP contribution < -0.4 is 4.90 Å². The molecule has 3 aromatic rings. The van der Waals surface area contributed by atoms with Gasteiger partial charge in [0.2, 0.25) is 0 Å². The first-order valence-electron chi connectivity index (χ1n) is 10.1. The Kier molecular flexibility index (Phi) is 3.66. The predicted molar refractivity (Wildman–Crippen MR) is 113 cm³/mol. The first kappa shape index (κ1) is 16.7. The summed E-state index contributed by atoms with van der Waals surface area (Å²) >= 11 is 0. The minimum Gasteiger partial charge on any atom is -0.345 e. The molecule has 0 radical (unpaired) electrons. The number of allylic oxidation sites excluding steroid dienone is 1. The normalized spacial score (nSPS) is 19.3. The molecule has 2 aliphatic carbocycles. The maximum Gasteiger partial charge on any atom is 0.140 e. The Balaban J connectivity index is 1.52. The average Bonchev–Trinajstić information content (AvgIpc) is 3.38. The van der Waals surface area contributed by atoms with E-state index >= 15 is 0 Å². The maximum atomic E-state index is 13.7. The summed E-state index contributed by atoms with van der Waals surface area (Å²) in [5.74, 6) is 0.784. The smallest absolute Gasteiger partial charge is 0.140 e. The predicted octanol–water partition coefficient (Wildman–Crippen LogP) is 5.15. The lowest BCUT2D eigenvalue weighted by atomic mass is 9.88. The zero-order valence-electron chi connectivity index (χ0n) is 16.0. The molecule has 1 atom stereocenters. The Morgan fingerprint density at radius 1 is 1.00 bits per heavy atom. The van der Waals surface area contributed by atoms with Gasteiger partial charge in [-0.1, -0.05) is 48.6 Å². The van der Waals surface area contributed by atoms with Crippen molar-refractivity contribution in [2.24, 2.45) is 0 Å². The number of hydrogen-bond donors (Lipinski definition) is 0. The Morgan fingerprint density at radius 3 is 2.76 bits per heavy atom. The van der Waals surface area contributed by atoms with Crippen LogP contribution in [0.15, 0.2) is 66.5 Å². The van der Waals surface area contributed by atoms with Crippen LogP contribution in [0.1, 0.15) is 40.4 Å². The molecule has 4 heteroatoms. The van der Waals surface area contributed by atoms with E-state index in [2.05, 4.69) is 46.3 Å². The molecule has 142 valence electrons. The van der Waals surface area contributed by atoms with Crippen LogP contribution in [0.2, 0.25) is 0 Å². The van der Waals surface area contributed by atoms with Gasteiger partial charge < -0.3 is 4.90 Å². The van der Waals surface area contributed by atoms with Crippen LogP contribution in [0.4, 0.5) is 10.2 Å². The summed E-state index contributed by atoms with van der Waals surface area (Å²) < 4.78 is 13.7. The highest BCUT2D eigenvalue weighted by atomic mass is 19.1. The SMILES string of the molecule is Fc1ccc(C2C3=C(CCN2c2ncnc4c2C=CC4)c2ccccc2C3)cc1. The monoisotopic (exact) mass is 381 g/mol. The molecule has 3 nitrogen and oxygen atoms in total. The topological polar surface area (TPSA) is 29.0 Å². The number of nitrogens with zero attached hydrogens (tertiary/aromatic N) is 3. The van der Waals surface area contributed by atoms with Crippen LogP contribution in [0.5, 0.6) is 0 Å². The molecule has 0 N–H and O–H groups in total. The molecule has 2 aromatic carbocycles. The molecule has 3 aliphatic rings. The van der Waals surface area contributed by atoms with Crippen LogP contribution in [0.25, 0.3) is 11.6 Å². The van der Waals surface area contributed by atoms with E-state index in [4.69, 9.17) is 4.98 Å². The fraction of sp³-hybridized carbons (Fsp3) is 0.200. The summed E-state index contributed by atoms with van der Waals surface area (Å²) in [5.41, 5.74) is 8.95. The molecule has 0 amide bonds. The zero-order chi connectivity index (χ0) is 19.4. The standard InChI is InChI=1S/C25H20FN3/c26-18-10-8-16(9-11-18)24-22-14-17-4-1-2-5-19(17)20(22)12-13-29(24)25-21-6-3-7-23(21)27-15-28-25/h1-6,8-11,15,24H,7,12-14H2. The zero-order valence-corrected chi connectivity index (χ0v) is 16.0. The lowest BCUT2D eigenvalue weighted by Gasteiger charge is -2.39. The Labute approximate surface area is 169 Å². The molecule has 0 spiro atoms. The highest BCUT2D eigenvalue weighted by Gasteiger charge is 2.37. The van der Waals surface area contributed by atoms with Crippen molar-refractivity contribution in [2.45, 2.75) is 25.3 Å². The molecular formula is C25H20FN3. The van der Waals surface area contributed by atoms with Gasteiger partial charge in [0.05, 0.1) is 11.7 Å². The van der Waals surface area contributed by atoms with Gasteiger partial charge in [0, 0.05) is 18.5 Å². The van der Waals surface area contributed by atoms with Crippen molar-refractivity contribution in [2.75, 3.05) is 11.4 Å². The third kappa shape index (κ3) is 2.55. The van der Waals surface area contributed by atoms with Gasteiger partial charge in [0.15, 0.2) is 0 Å². The maximum absolute atomic E-state index is 13.7. The number of anilines is 1. The van der Waals surface area contributed by atoms with E-state index in [-0.39, 0.29) is 11.9 Å². The van der Waals surface area contributed by atoms with E-state index in [1.54, 1.807) is 18.5 Å². The second-order valence-electron chi connectivity index (χ2n) is 7.90. The highest BCUT2D eigenvalue weighted by molar-refractivity contribution is 5.81. The molecule has 29 heavy (non-hydrogen) atoms. The summed E-state index contributed by atoms with van der Waals surface area (Å²) in [6, 6.07) is 15.7. The van der Waals surface area contributed by atoms with E-state index in [0.29, 0.717) is 0 Å². The number of hydrogen-bond acceptors (Lipinski definition) is 3. The van der Waals surface area contributed by atoms with E-state index in [9.17, 15) is 4.39 Å². The molecule has 1 aliphatic heterocycles. The van der Waals surface area contributed by atoms with Crippen molar-refractivity contribution in [1.29, 1.82) is 0 Å². The van der Waals surface area contributed by atoms with Crippen molar-refractivity contribution in [3.63, 3.8) is 0 Å². The summed E-state index contributed by atoms with van der Waals surface area (Å²) in [5, 5.41) is 0. The summed E-state index contributed by atoms with van der Waals surface area (Å²) in [7, 11) is 0. The van der Waals surface area contributed by atoms with Gasteiger partial charge in [0.25, 0.3) is 0 Å². The van der Waals surface area contributed by atoms with Crippen LogP contribution in [-0.4, -0.2) is 16.5 Å². The largest absolute Gasteiger partial charge is 0.345 e. The van der Waals surface area contributed by atoms with Crippen LogP contribution in [0, 0.1) is 5.82 Å². The molecule has 6 rings (SSSR count). The minimum absolute atomic E-state index is 0.0553. The lowest BCUT2D eigenvalue weighted by Crippen LogP contribution is -2.36. The van der Waals surface area contributed by atoms with Crippen LogP contribution in [-0.2, 0) is 12.8 Å².